The van der Waals surface area contributed by atoms with Gasteiger partial charge in [-0.15, -0.1) is 0 Å². The van der Waals surface area contributed by atoms with Gasteiger partial charge < -0.3 is 4.74 Å². The van der Waals surface area contributed by atoms with Crippen molar-refractivity contribution >= 4 is 5.78 Å². The Labute approximate surface area is 110 Å². The van der Waals surface area contributed by atoms with Gasteiger partial charge in [-0.3, -0.25) is 9.48 Å². The number of hydrogen-bond donors (Lipinski definition) is 0. The van der Waals surface area contributed by atoms with E-state index in [2.05, 4.69) is 5.10 Å². The molecular weight excluding hydrogens is 247 g/mol. The van der Waals surface area contributed by atoms with E-state index in [0.29, 0.717) is 18.8 Å². The van der Waals surface area contributed by atoms with E-state index in [9.17, 15) is 9.18 Å². The second-order valence-electron chi connectivity index (χ2n) is 4.24. The highest BCUT2D eigenvalue weighted by Gasteiger charge is 2.10. The summed E-state index contributed by atoms with van der Waals surface area (Å²) in [7, 11) is 1.86. The minimum absolute atomic E-state index is 0.213. The SMILES string of the molecule is CC(=O)c1cc(F)ccc1OCCc1ccnn1C. The number of carbonyl (C=O) groups excluding carboxylic acids is 1. The van der Waals surface area contributed by atoms with Gasteiger partial charge in [0.15, 0.2) is 5.78 Å². The number of aromatic nitrogens is 2. The van der Waals surface area contributed by atoms with Crippen molar-refractivity contribution in [3.8, 4) is 5.75 Å². The normalized spacial score (nSPS) is 10.5. The van der Waals surface area contributed by atoms with Crippen molar-refractivity contribution in [2.75, 3.05) is 6.61 Å². The molecule has 2 rings (SSSR count). The first kappa shape index (κ1) is 13.3. The Morgan fingerprint density at radius 3 is 2.84 bits per heavy atom. The molecule has 0 amide bonds. The molecule has 0 bridgehead atoms. The second kappa shape index (κ2) is 5.65. The predicted octanol–water partition coefficient (Wildman–Crippen LogP) is 2.38. The number of carbonyl (C=O) groups is 1. The van der Waals surface area contributed by atoms with Crippen LogP contribution in [0.2, 0.25) is 0 Å². The molecule has 1 heterocycles. The van der Waals surface area contributed by atoms with E-state index in [1.54, 1.807) is 10.9 Å². The highest BCUT2D eigenvalue weighted by Crippen LogP contribution is 2.20. The molecule has 0 atom stereocenters. The third-order valence-corrected chi connectivity index (χ3v) is 2.86. The fourth-order valence-corrected chi connectivity index (χ4v) is 1.82. The van der Waals surface area contributed by atoms with Gasteiger partial charge in [-0.2, -0.15) is 5.10 Å². The van der Waals surface area contributed by atoms with E-state index in [1.807, 2.05) is 13.1 Å². The van der Waals surface area contributed by atoms with Gasteiger partial charge in [0.2, 0.25) is 0 Å². The zero-order chi connectivity index (χ0) is 13.8. The number of ether oxygens (including phenoxy) is 1. The molecule has 1 aromatic heterocycles. The summed E-state index contributed by atoms with van der Waals surface area (Å²) in [6.45, 7) is 1.80. The molecule has 0 fully saturated rings. The molecule has 0 saturated heterocycles. The number of halogens is 1. The van der Waals surface area contributed by atoms with Gasteiger partial charge in [-0.1, -0.05) is 0 Å². The maximum Gasteiger partial charge on any atom is 0.163 e. The van der Waals surface area contributed by atoms with Crippen LogP contribution in [0.15, 0.2) is 30.5 Å². The average Bonchev–Trinajstić information content (AvgIpc) is 2.77. The van der Waals surface area contributed by atoms with Gasteiger partial charge in [0.1, 0.15) is 11.6 Å². The fraction of sp³-hybridized carbons (Fsp3) is 0.286. The Morgan fingerprint density at radius 2 is 2.21 bits per heavy atom. The molecule has 0 N–H and O–H groups in total. The number of nitrogens with zero attached hydrogens (tertiary/aromatic N) is 2. The van der Waals surface area contributed by atoms with Crippen LogP contribution >= 0.6 is 0 Å². The number of benzene rings is 1. The van der Waals surface area contributed by atoms with Gasteiger partial charge in [0, 0.05) is 25.4 Å². The Balaban J connectivity index is 2.03. The Kier molecular flexibility index (Phi) is 3.94. The highest BCUT2D eigenvalue weighted by molar-refractivity contribution is 5.96. The molecule has 0 spiro atoms. The third kappa shape index (κ3) is 3.19. The van der Waals surface area contributed by atoms with Crippen LogP contribution in [0.1, 0.15) is 23.0 Å². The molecular formula is C14H15FN2O2. The molecule has 0 aliphatic rings. The number of aryl methyl sites for hydroxylation is 1. The molecule has 19 heavy (non-hydrogen) atoms. The first-order valence-corrected chi connectivity index (χ1v) is 5.98. The van der Waals surface area contributed by atoms with Gasteiger partial charge in [-0.25, -0.2) is 4.39 Å². The minimum Gasteiger partial charge on any atom is -0.492 e. The van der Waals surface area contributed by atoms with E-state index < -0.39 is 5.82 Å². The zero-order valence-corrected chi connectivity index (χ0v) is 10.9. The van der Waals surface area contributed by atoms with Crippen LogP contribution in [0.4, 0.5) is 4.39 Å². The molecule has 0 saturated carbocycles. The van der Waals surface area contributed by atoms with Crippen LogP contribution in [-0.2, 0) is 13.5 Å². The predicted molar refractivity (Wildman–Crippen MR) is 68.8 cm³/mol. The Bertz CT molecular complexity index is 593. The van der Waals surface area contributed by atoms with Gasteiger partial charge in [0.05, 0.1) is 12.2 Å². The first-order chi connectivity index (χ1) is 9.08. The molecule has 4 nitrogen and oxygen atoms in total. The van der Waals surface area contributed by atoms with Gasteiger partial charge in [0.25, 0.3) is 0 Å². The maximum atomic E-state index is 13.1. The minimum atomic E-state index is -0.441. The molecule has 0 aliphatic carbocycles. The number of ketones is 1. The lowest BCUT2D eigenvalue weighted by atomic mass is 10.1. The summed E-state index contributed by atoms with van der Waals surface area (Å²) in [5.74, 6) is -0.240. The van der Waals surface area contributed by atoms with Crippen LogP contribution in [0, 0.1) is 5.82 Å². The zero-order valence-electron chi connectivity index (χ0n) is 10.9. The fourth-order valence-electron chi connectivity index (χ4n) is 1.82. The third-order valence-electron chi connectivity index (χ3n) is 2.86. The monoisotopic (exact) mass is 262 g/mol. The summed E-state index contributed by atoms with van der Waals surface area (Å²) < 4.78 is 20.4. The molecule has 0 unspecified atom stereocenters. The lowest BCUT2D eigenvalue weighted by Crippen LogP contribution is -2.08. The molecule has 0 aliphatic heterocycles. The second-order valence-corrected chi connectivity index (χ2v) is 4.24. The van der Waals surface area contributed by atoms with Crippen molar-refractivity contribution in [2.24, 2.45) is 7.05 Å². The van der Waals surface area contributed by atoms with E-state index in [-0.39, 0.29) is 11.3 Å². The summed E-state index contributed by atoms with van der Waals surface area (Å²) in [5, 5.41) is 4.06. The quantitative estimate of drug-likeness (QED) is 0.777. The van der Waals surface area contributed by atoms with Crippen molar-refractivity contribution in [1.82, 2.24) is 9.78 Å². The van der Waals surface area contributed by atoms with Gasteiger partial charge in [-0.05, 0) is 31.2 Å². The molecule has 2 aromatic rings. The average molecular weight is 262 g/mol. The number of Topliss-reactive ketones (excluding diaryl/α,β-unsaturated/α-hetero) is 1. The number of hydrogen-bond acceptors (Lipinski definition) is 3. The summed E-state index contributed by atoms with van der Waals surface area (Å²) in [6, 6.07) is 5.86. The van der Waals surface area contributed by atoms with Crippen LogP contribution in [-0.4, -0.2) is 22.2 Å². The summed E-state index contributed by atoms with van der Waals surface area (Å²) in [4.78, 5) is 11.4. The van der Waals surface area contributed by atoms with Crippen LogP contribution in [0.5, 0.6) is 5.75 Å². The smallest absolute Gasteiger partial charge is 0.163 e. The Morgan fingerprint density at radius 1 is 1.42 bits per heavy atom. The lowest BCUT2D eigenvalue weighted by Gasteiger charge is -2.10. The largest absolute Gasteiger partial charge is 0.492 e. The standard InChI is InChI=1S/C14H15FN2O2/c1-10(18)13-9-11(15)3-4-14(13)19-8-6-12-5-7-16-17(12)2/h3-5,7,9H,6,8H2,1-2H3. The van der Waals surface area contributed by atoms with Crippen LogP contribution < -0.4 is 4.74 Å². The van der Waals surface area contributed by atoms with Crippen molar-refractivity contribution in [3.05, 3.63) is 47.5 Å². The molecule has 100 valence electrons. The van der Waals surface area contributed by atoms with Crippen LogP contribution in [0.3, 0.4) is 0 Å². The highest BCUT2D eigenvalue weighted by atomic mass is 19.1. The summed E-state index contributed by atoms with van der Waals surface area (Å²) >= 11 is 0. The lowest BCUT2D eigenvalue weighted by molar-refractivity contribution is 0.101. The molecule has 1 aromatic carbocycles. The van der Waals surface area contributed by atoms with E-state index in [4.69, 9.17) is 4.74 Å². The number of rotatable bonds is 5. The van der Waals surface area contributed by atoms with E-state index in [0.717, 1.165) is 5.69 Å². The van der Waals surface area contributed by atoms with Crippen LogP contribution in [0.25, 0.3) is 0 Å². The van der Waals surface area contributed by atoms with Gasteiger partial charge >= 0.3 is 0 Å². The van der Waals surface area contributed by atoms with Crippen molar-refractivity contribution in [2.45, 2.75) is 13.3 Å². The first-order valence-electron chi connectivity index (χ1n) is 5.98. The van der Waals surface area contributed by atoms with Crippen molar-refractivity contribution < 1.29 is 13.9 Å². The Hall–Kier alpha value is -2.17. The molecule has 5 heteroatoms. The summed E-state index contributed by atoms with van der Waals surface area (Å²) in [6.07, 6.45) is 2.39. The van der Waals surface area contributed by atoms with E-state index in [1.165, 1.54) is 25.1 Å². The molecule has 0 radical (unpaired) electrons. The van der Waals surface area contributed by atoms with E-state index >= 15 is 0 Å². The topological polar surface area (TPSA) is 44.1 Å². The van der Waals surface area contributed by atoms with Crippen molar-refractivity contribution in [1.29, 1.82) is 0 Å². The van der Waals surface area contributed by atoms with Crippen molar-refractivity contribution in [3.63, 3.8) is 0 Å². The summed E-state index contributed by atoms with van der Waals surface area (Å²) in [5.41, 5.74) is 1.30. The maximum absolute atomic E-state index is 13.1.